The minimum Gasteiger partial charge on any atom is -0.208 e. The van der Waals surface area contributed by atoms with Crippen LogP contribution in [0.1, 0.15) is 0 Å². The van der Waals surface area contributed by atoms with Crippen LogP contribution in [-0.2, 0) is 0 Å². The van der Waals surface area contributed by atoms with Crippen molar-refractivity contribution in [1.82, 2.24) is 44.9 Å². The van der Waals surface area contributed by atoms with E-state index in [9.17, 15) is 0 Å². The molecular formula is C129H81N9. The Labute approximate surface area is 795 Å². The summed E-state index contributed by atoms with van der Waals surface area (Å²) in [5.74, 6) is 5.90. The fourth-order valence-electron chi connectivity index (χ4n) is 19.5. The molecule has 9 nitrogen and oxygen atoms in total. The Bertz CT molecular complexity index is 9330. The number of hydrogen-bond acceptors (Lipinski definition) is 9. The molecule has 138 heavy (non-hydrogen) atoms. The van der Waals surface area contributed by atoms with Gasteiger partial charge >= 0.3 is 0 Å². The third-order valence-corrected chi connectivity index (χ3v) is 26.6. The molecule has 0 atom stereocenters. The average molecular weight is 1760 g/mol. The Morgan fingerprint density at radius 1 is 0.0797 bits per heavy atom. The van der Waals surface area contributed by atoms with Crippen LogP contribution in [0.4, 0.5) is 0 Å². The minimum atomic E-state index is 0.645. The Hall–Kier alpha value is -18.6. The maximum atomic E-state index is 5.09. The zero-order valence-electron chi connectivity index (χ0n) is 74.8. The van der Waals surface area contributed by atoms with E-state index in [2.05, 4.69) is 400 Å². The van der Waals surface area contributed by atoms with Crippen LogP contribution in [0.25, 0.3) is 265 Å². The summed E-state index contributed by atoms with van der Waals surface area (Å²) in [6.45, 7) is 0. The van der Waals surface area contributed by atoms with Crippen LogP contribution in [0.2, 0.25) is 0 Å². The van der Waals surface area contributed by atoms with Crippen LogP contribution in [0.5, 0.6) is 0 Å². The number of benzene rings is 24. The van der Waals surface area contributed by atoms with Crippen molar-refractivity contribution in [2.75, 3.05) is 0 Å². The highest BCUT2D eigenvalue weighted by Crippen LogP contribution is 2.42. The summed E-state index contributed by atoms with van der Waals surface area (Å²) in [7, 11) is 0. The number of aromatic nitrogens is 9. The third kappa shape index (κ3) is 15.8. The van der Waals surface area contributed by atoms with E-state index >= 15 is 0 Å². The molecule has 0 saturated heterocycles. The zero-order chi connectivity index (χ0) is 91.4. The lowest BCUT2D eigenvalue weighted by molar-refractivity contribution is 1.07. The molecule has 9 heteroatoms. The zero-order valence-corrected chi connectivity index (χ0v) is 74.8. The Kier molecular flexibility index (Phi) is 20.8. The number of nitrogens with zero attached hydrogens (tertiary/aromatic N) is 9. The molecule has 0 spiro atoms. The van der Waals surface area contributed by atoms with Gasteiger partial charge in [0.2, 0.25) is 0 Å². The highest BCUT2D eigenvalue weighted by atomic mass is 15.1. The maximum absolute atomic E-state index is 5.09. The highest BCUT2D eigenvalue weighted by Gasteiger charge is 2.21. The molecule has 0 fully saturated rings. The molecule has 0 unspecified atom stereocenters. The first kappa shape index (κ1) is 81.4. The van der Waals surface area contributed by atoms with Gasteiger partial charge in [0.1, 0.15) is 0 Å². The van der Waals surface area contributed by atoms with Crippen LogP contribution in [-0.4, -0.2) is 44.9 Å². The number of rotatable bonds is 12. The Balaban J connectivity index is 0.000000110. The quantitative estimate of drug-likeness (QED) is 0.110. The smallest absolute Gasteiger partial charge is 0.164 e. The third-order valence-electron chi connectivity index (χ3n) is 26.6. The molecule has 27 aromatic rings. The van der Waals surface area contributed by atoms with E-state index in [1.165, 1.54) is 119 Å². The van der Waals surface area contributed by atoms with Gasteiger partial charge in [-0.05, 0) is 211 Å². The van der Waals surface area contributed by atoms with Crippen LogP contribution in [0.15, 0.2) is 491 Å². The van der Waals surface area contributed by atoms with Crippen molar-refractivity contribution in [3.63, 3.8) is 0 Å². The van der Waals surface area contributed by atoms with Gasteiger partial charge in [0.25, 0.3) is 0 Å². The molecule has 642 valence electrons. The highest BCUT2D eigenvalue weighted by molar-refractivity contribution is 6.20. The summed E-state index contributed by atoms with van der Waals surface area (Å²) in [5, 5.41) is 29.8. The minimum absolute atomic E-state index is 0.645. The van der Waals surface area contributed by atoms with E-state index in [4.69, 9.17) is 44.9 Å². The van der Waals surface area contributed by atoms with Crippen molar-refractivity contribution in [3.05, 3.63) is 491 Å². The fraction of sp³-hybridized carbons (Fsp3) is 0. The van der Waals surface area contributed by atoms with E-state index in [1.54, 1.807) is 0 Å². The summed E-state index contributed by atoms with van der Waals surface area (Å²) in [5.41, 5.74) is 15.5. The second-order valence-corrected chi connectivity index (χ2v) is 35.1. The van der Waals surface area contributed by atoms with E-state index in [-0.39, 0.29) is 0 Å². The van der Waals surface area contributed by atoms with E-state index in [1.807, 2.05) is 91.0 Å². The number of fused-ring (bicyclic) bond motifs is 18. The second kappa shape index (κ2) is 35.2. The van der Waals surface area contributed by atoms with Crippen LogP contribution in [0.3, 0.4) is 0 Å². The standard InChI is InChI=1S/C47H29N3.C43H27N3.C39H25N3/c1-3-11-33-27-39(18-16-30(33)8-1)46-48-45(49-47(50-46)40-19-17-31-9-2-4-12-34(31)28-40)38-14-7-13-35(29-38)36-21-23-42-37(26-36)22-25-43-41-15-6-5-10-32(41)20-24-44(42)43;1-2-11-30(12-3-1)41-44-42(46-43(45-41)36-18-17-28-9-4-5-13-31(28)26-36)35-15-8-14-32(27-35)33-20-22-38-34(25-33)21-24-39-37-16-7-6-10-29(37)19-23-40(38)39;1-3-10-28(11-4-1)37-40-38(29-12-5-2-6-13-29)42-39(41-37)30-17-15-26(16-18-30)31-20-22-34-32(25-31)21-24-35-33-14-8-7-9-27(33)19-23-36(34)35/h1-29H;1-27H;1-25H. The monoisotopic (exact) mass is 1760 g/mol. The first-order valence-electron chi connectivity index (χ1n) is 46.6. The molecule has 0 amide bonds. The molecule has 0 aliphatic rings. The van der Waals surface area contributed by atoms with Crippen molar-refractivity contribution in [3.8, 4) is 136 Å². The van der Waals surface area contributed by atoms with Crippen LogP contribution < -0.4 is 0 Å². The molecule has 0 aliphatic heterocycles. The van der Waals surface area contributed by atoms with Crippen molar-refractivity contribution in [2.45, 2.75) is 0 Å². The lowest BCUT2D eigenvalue weighted by Gasteiger charge is -2.12. The van der Waals surface area contributed by atoms with Gasteiger partial charge in [0, 0.05) is 50.1 Å². The van der Waals surface area contributed by atoms with Crippen molar-refractivity contribution < 1.29 is 0 Å². The molecule has 27 rings (SSSR count). The SMILES string of the molecule is c1cc(-c2ccc3c(ccc4c5ccccc5ccc34)c2)cc(-c2nc(-c3ccc4ccccc4c3)nc(-c3ccc4ccccc4c3)n2)c1.c1ccc(-c2nc(-c3cccc(-c4ccc5c(ccc6c7ccccc7ccc56)c4)c3)nc(-c3ccc4ccccc4c3)n2)cc1.c1ccc(-c2nc(-c3ccccc3)nc(-c3ccc(-c4ccc5c(ccc6c7ccccc7ccc56)c4)cc3)n2)cc1. The summed E-state index contributed by atoms with van der Waals surface area (Å²) in [6.07, 6.45) is 0. The van der Waals surface area contributed by atoms with Gasteiger partial charge in [0.15, 0.2) is 52.4 Å². The van der Waals surface area contributed by atoms with Crippen molar-refractivity contribution >= 4 is 129 Å². The van der Waals surface area contributed by atoms with Gasteiger partial charge in [0.05, 0.1) is 0 Å². The lowest BCUT2D eigenvalue weighted by atomic mass is 9.94. The lowest BCUT2D eigenvalue weighted by Crippen LogP contribution is -2.00. The summed E-state index contributed by atoms with van der Waals surface area (Å²) >= 11 is 0. The summed E-state index contributed by atoms with van der Waals surface area (Å²) in [6, 6.07) is 173. The predicted molar refractivity (Wildman–Crippen MR) is 575 cm³/mol. The molecule has 0 aliphatic carbocycles. The predicted octanol–water partition coefficient (Wildman–Crippen LogP) is 33.5. The van der Waals surface area contributed by atoms with Gasteiger partial charge in [-0.3, -0.25) is 0 Å². The van der Waals surface area contributed by atoms with E-state index in [0.717, 1.165) is 94.0 Å². The Morgan fingerprint density at radius 3 is 0.551 bits per heavy atom. The van der Waals surface area contributed by atoms with Gasteiger partial charge < -0.3 is 0 Å². The molecule has 0 bridgehead atoms. The first-order valence-corrected chi connectivity index (χ1v) is 46.6. The van der Waals surface area contributed by atoms with Gasteiger partial charge in [-0.2, -0.15) is 0 Å². The molecule has 3 aromatic heterocycles. The fourth-order valence-corrected chi connectivity index (χ4v) is 19.5. The van der Waals surface area contributed by atoms with Crippen LogP contribution >= 0.6 is 0 Å². The van der Waals surface area contributed by atoms with Crippen LogP contribution in [0, 0.1) is 0 Å². The molecule has 0 N–H and O–H groups in total. The Morgan fingerprint density at radius 2 is 0.246 bits per heavy atom. The summed E-state index contributed by atoms with van der Waals surface area (Å²) < 4.78 is 0. The largest absolute Gasteiger partial charge is 0.208 e. The van der Waals surface area contributed by atoms with Crippen molar-refractivity contribution in [2.24, 2.45) is 0 Å². The summed E-state index contributed by atoms with van der Waals surface area (Å²) in [4.78, 5) is 44.7. The van der Waals surface area contributed by atoms with E-state index in [0.29, 0.717) is 52.4 Å². The van der Waals surface area contributed by atoms with Gasteiger partial charge in [-0.15, -0.1) is 0 Å². The average Bonchev–Trinajstić information content (AvgIpc) is 0.762. The second-order valence-electron chi connectivity index (χ2n) is 35.1. The van der Waals surface area contributed by atoms with Gasteiger partial charge in [-0.1, -0.05) is 443 Å². The molecule has 3 heterocycles. The van der Waals surface area contributed by atoms with E-state index < -0.39 is 0 Å². The molecular weight excluding hydrogens is 1680 g/mol. The van der Waals surface area contributed by atoms with Crippen molar-refractivity contribution in [1.29, 1.82) is 0 Å². The van der Waals surface area contributed by atoms with Gasteiger partial charge in [-0.25, -0.2) is 44.9 Å². The number of hydrogen-bond donors (Lipinski definition) is 0. The molecule has 24 aromatic carbocycles. The topological polar surface area (TPSA) is 116 Å². The normalized spacial score (nSPS) is 11.5. The molecule has 0 radical (unpaired) electrons. The maximum Gasteiger partial charge on any atom is 0.164 e. The molecule has 0 saturated carbocycles. The first-order chi connectivity index (χ1) is 68.3.